The number of ether oxygens (including phenoxy) is 1. The van der Waals surface area contributed by atoms with Gasteiger partial charge in [0.2, 0.25) is 0 Å². The Morgan fingerprint density at radius 2 is 2.47 bits per heavy atom. The second-order valence-corrected chi connectivity index (χ2v) is 4.79. The zero-order valence-corrected chi connectivity index (χ0v) is 11.4. The highest BCUT2D eigenvalue weighted by atomic mass is 16.5. The minimum atomic E-state index is 0.0254. The van der Waals surface area contributed by atoms with Gasteiger partial charge < -0.3 is 9.15 Å². The van der Waals surface area contributed by atoms with Crippen molar-refractivity contribution >= 4 is 11.9 Å². The van der Waals surface area contributed by atoms with Crippen LogP contribution < -0.4 is 0 Å². The number of hydrogen-bond donors (Lipinski definition) is 0. The average molecular weight is 258 g/mol. The number of terminal acetylenes is 1. The molecule has 0 saturated heterocycles. The standard InChI is InChI=1S/C16H18O3/c1-4-8-18-16-7-5-6-13(16)9-14-10-15(11(2)17)12(3)19-14/h1,9-10,16H,5-8H2,2-3H3/b13-9+. The lowest BCUT2D eigenvalue weighted by Crippen LogP contribution is -2.10. The van der Waals surface area contributed by atoms with Crippen LogP contribution in [-0.4, -0.2) is 18.5 Å². The molecule has 1 aliphatic carbocycles. The van der Waals surface area contributed by atoms with Crippen LogP contribution in [0.25, 0.3) is 6.08 Å². The van der Waals surface area contributed by atoms with E-state index >= 15 is 0 Å². The first-order chi connectivity index (χ1) is 9.11. The molecule has 0 N–H and O–H groups in total. The lowest BCUT2D eigenvalue weighted by Gasteiger charge is -2.10. The summed E-state index contributed by atoms with van der Waals surface area (Å²) in [6, 6.07) is 1.79. The molecule has 3 heteroatoms. The fourth-order valence-electron chi connectivity index (χ4n) is 2.45. The molecule has 3 nitrogen and oxygen atoms in total. The molecule has 1 saturated carbocycles. The summed E-state index contributed by atoms with van der Waals surface area (Å²) in [5.74, 6) is 3.90. The fourth-order valence-corrected chi connectivity index (χ4v) is 2.45. The van der Waals surface area contributed by atoms with Crippen molar-refractivity contribution in [1.82, 2.24) is 0 Å². The summed E-state index contributed by atoms with van der Waals surface area (Å²) in [5.41, 5.74) is 1.84. The molecule has 1 aromatic heterocycles. The third kappa shape index (κ3) is 3.15. The summed E-state index contributed by atoms with van der Waals surface area (Å²) < 4.78 is 11.2. The molecule has 1 heterocycles. The van der Waals surface area contributed by atoms with E-state index in [0.717, 1.165) is 19.3 Å². The Bertz CT molecular complexity index is 543. The molecule has 19 heavy (non-hydrogen) atoms. The number of rotatable bonds is 4. The maximum Gasteiger partial charge on any atom is 0.163 e. The Labute approximate surface area is 113 Å². The summed E-state index contributed by atoms with van der Waals surface area (Å²) in [6.07, 6.45) is 10.4. The molecule has 1 fully saturated rings. The Kier molecular flexibility index (Phi) is 4.24. The predicted molar refractivity (Wildman–Crippen MR) is 73.9 cm³/mol. The van der Waals surface area contributed by atoms with Gasteiger partial charge in [-0.05, 0) is 50.8 Å². The van der Waals surface area contributed by atoms with Crippen molar-refractivity contribution in [2.24, 2.45) is 0 Å². The monoisotopic (exact) mass is 258 g/mol. The second-order valence-electron chi connectivity index (χ2n) is 4.79. The summed E-state index contributed by atoms with van der Waals surface area (Å²) in [4.78, 5) is 11.4. The first-order valence-corrected chi connectivity index (χ1v) is 6.48. The van der Waals surface area contributed by atoms with Gasteiger partial charge in [0, 0.05) is 0 Å². The second kappa shape index (κ2) is 5.90. The normalized spacial score (nSPS) is 20.7. The first-order valence-electron chi connectivity index (χ1n) is 6.48. The van der Waals surface area contributed by atoms with E-state index in [9.17, 15) is 4.79 Å². The van der Waals surface area contributed by atoms with Gasteiger partial charge >= 0.3 is 0 Å². The Morgan fingerprint density at radius 1 is 1.68 bits per heavy atom. The van der Waals surface area contributed by atoms with Crippen LogP contribution in [-0.2, 0) is 4.74 Å². The zero-order chi connectivity index (χ0) is 13.8. The van der Waals surface area contributed by atoms with E-state index in [1.165, 1.54) is 5.57 Å². The highest BCUT2D eigenvalue weighted by molar-refractivity contribution is 5.95. The summed E-state index contributed by atoms with van der Waals surface area (Å²) >= 11 is 0. The van der Waals surface area contributed by atoms with Gasteiger partial charge in [0.15, 0.2) is 5.78 Å². The van der Waals surface area contributed by atoms with Gasteiger partial charge in [-0.15, -0.1) is 6.42 Å². The largest absolute Gasteiger partial charge is 0.461 e. The van der Waals surface area contributed by atoms with E-state index in [1.807, 2.05) is 6.08 Å². The molecule has 0 aliphatic heterocycles. The Hall–Kier alpha value is -1.79. The maximum atomic E-state index is 11.4. The number of hydrogen-bond acceptors (Lipinski definition) is 3. The number of Topliss-reactive ketones (excluding diaryl/α,β-unsaturated/α-hetero) is 1. The molecular weight excluding hydrogens is 240 g/mol. The van der Waals surface area contributed by atoms with E-state index in [0.29, 0.717) is 23.7 Å². The minimum Gasteiger partial charge on any atom is -0.461 e. The summed E-state index contributed by atoms with van der Waals surface area (Å²) in [5, 5.41) is 0. The average Bonchev–Trinajstić information content (AvgIpc) is 2.94. The van der Waals surface area contributed by atoms with Crippen molar-refractivity contribution in [3.05, 3.63) is 28.7 Å². The minimum absolute atomic E-state index is 0.0254. The summed E-state index contributed by atoms with van der Waals surface area (Å²) in [7, 11) is 0. The van der Waals surface area contributed by atoms with Crippen LogP contribution >= 0.6 is 0 Å². The van der Waals surface area contributed by atoms with E-state index in [-0.39, 0.29) is 11.9 Å². The van der Waals surface area contributed by atoms with Crippen molar-refractivity contribution in [3.8, 4) is 12.3 Å². The quantitative estimate of drug-likeness (QED) is 0.614. The molecule has 1 unspecified atom stereocenters. The SMILES string of the molecule is C#CCOC1CCC/C1=C\c1cc(C(C)=O)c(C)o1. The molecule has 0 bridgehead atoms. The molecule has 2 rings (SSSR count). The van der Waals surface area contributed by atoms with Gasteiger partial charge in [-0.1, -0.05) is 5.92 Å². The van der Waals surface area contributed by atoms with E-state index in [4.69, 9.17) is 15.6 Å². The Balaban J connectivity index is 2.18. The maximum absolute atomic E-state index is 11.4. The van der Waals surface area contributed by atoms with Gasteiger partial charge in [0.05, 0.1) is 11.7 Å². The first kappa shape index (κ1) is 13.6. The number of carbonyl (C=O) groups is 1. The molecule has 0 aromatic carbocycles. The van der Waals surface area contributed by atoms with Crippen LogP contribution in [0.3, 0.4) is 0 Å². The highest BCUT2D eigenvalue weighted by Crippen LogP contribution is 2.30. The molecular formula is C16H18O3. The van der Waals surface area contributed by atoms with Gasteiger partial charge in [0.1, 0.15) is 18.1 Å². The van der Waals surface area contributed by atoms with Crippen LogP contribution in [0.5, 0.6) is 0 Å². The molecule has 1 aliphatic rings. The van der Waals surface area contributed by atoms with Crippen LogP contribution in [0.4, 0.5) is 0 Å². The van der Waals surface area contributed by atoms with Gasteiger partial charge in [-0.25, -0.2) is 0 Å². The van der Waals surface area contributed by atoms with E-state index in [1.54, 1.807) is 19.9 Å². The van der Waals surface area contributed by atoms with E-state index in [2.05, 4.69) is 5.92 Å². The molecule has 1 aromatic rings. The summed E-state index contributed by atoms with van der Waals surface area (Å²) in [6.45, 7) is 3.68. The lowest BCUT2D eigenvalue weighted by molar-refractivity contribution is 0.101. The Morgan fingerprint density at radius 3 is 3.11 bits per heavy atom. The number of carbonyl (C=O) groups excluding carboxylic acids is 1. The zero-order valence-electron chi connectivity index (χ0n) is 11.4. The van der Waals surface area contributed by atoms with E-state index < -0.39 is 0 Å². The van der Waals surface area contributed by atoms with Crippen molar-refractivity contribution in [3.63, 3.8) is 0 Å². The van der Waals surface area contributed by atoms with Crippen molar-refractivity contribution in [2.75, 3.05) is 6.61 Å². The molecule has 1 atom stereocenters. The number of furan rings is 1. The van der Waals surface area contributed by atoms with Crippen LogP contribution in [0.15, 0.2) is 16.1 Å². The number of ketones is 1. The third-order valence-corrected chi connectivity index (χ3v) is 3.36. The van der Waals surface area contributed by atoms with Crippen molar-refractivity contribution < 1.29 is 13.9 Å². The van der Waals surface area contributed by atoms with Gasteiger partial charge in [-0.3, -0.25) is 4.79 Å². The van der Waals surface area contributed by atoms with Crippen molar-refractivity contribution in [1.29, 1.82) is 0 Å². The lowest BCUT2D eigenvalue weighted by atomic mass is 10.1. The predicted octanol–water partition coefficient (Wildman–Crippen LogP) is 3.38. The third-order valence-electron chi connectivity index (χ3n) is 3.36. The van der Waals surface area contributed by atoms with Gasteiger partial charge in [-0.2, -0.15) is 0 Å². The fraction of sp³-hybridized carbons (Fsp3) is 0.438. The van der Waals surface area contributed by atoms with Crippen LogP contribution in [0.2, 0.25) is 0 Å². The molecule has 0 amide bonds. The highest BCUT2D eigenvalue weighted by Gasteiger charge is 2.22. The molecule has 0 spiro atoms. The van der Waals surface area contributed by atoms with Crippen molar-refractivity contribution in [2.45, 2.75) is 39.2 Å². The van der Waals surface area contributed by atoms with Crippen LogP contribution in [0.1, 0.15) is 48.1 Å². The smallest absolute Gasteiger partial charge is 0.163 e. The topological polar surface area (TPSA) is 39.4 Å². The molecule has 0 radical (unpaired) electrons. The van der Waals surface area contributed by atoms with Gasteiger partial charge in [0.25, 0.3) is 0 Å². The molecule has 100 valence electrons. The van der Waals surface area contributed by atoms with Crippen LogP contribution in [0, 0.1) is 19.3 Å². The number of aryl methyl sites for hydroxylation is 1.